The van der Waals surface area contributed by atoms with Crippen LogP contribution in [0, 0.1) is 11.8 Å². The van der Waals surface area contributed by atoms with E-state index in [0.29, 0.717) is 0 Å². The summed E-state index contributed by atoms with van der Waals surface area (Å²) in [6, 6.07) is 0. The molecule has 0 aromatic carbocycles. The molecule has 0 saturated heterocycles. The topological polar surface area (TPSA) is 0 Å². The van der Waals surface area contributed by atoms with Crippen LogP contribution in [0.2, 0.25) is 0 Å². The van der Waals surface area contributed by atoms with Crippen molar-refractivity contribution >= 4 is 0 Å². The fraction of sp³-hybridized carbons (Fsp3) is 1.00. The molecule has 0 amide bonds. The van der Waals surface area contributed by atoms with Crippen LogP contribution in [-0.4, -0.2) is 63.3 Å². The summed E-state index contributed by atoms with van der Waals surface area (Å²) in [4.78, 5) is 0. The summed E-state index contributed by atoms with van der Waals surface area (Å²) in [6.45, 7) is 14.8. The molecule has 2 heteroatoms. The van der Waals surface area contributed by atoms with E-state index < -0.39 is 0 Å². The zero-order valence-corrected chi connectivity index (χ0v) is 16.4. The lowest BCUT2D eigenvalue weighted by Crippen LogP contribution is -2.48. The Labute approximate surface area is 135 Å². The van der Waals surface area contributed by atoms with Crippen molar-refractivity contribution in [2.75, 3.05) is 54.4 Å². The Morgan fingerprint density at radius 3 is 1.29 bits per heavy atom. The average molecular weight is 301 g/mol. The van der Waals surface area contributed by atoms with E-state index in [2.05, 4.69) is 55.9 Å². The van der Waals surface area contributed by atoms with Crippen molar-refractivity contribution in [3.05, 3.63) is 0 Å². The van der Waals surface area contributed by atoms with E-state index in [-0.39, 0.29) is 0 Å². The summed E-state index contributed by atoms with van der Waals surface area (Å²) in [7, 11) is 9.42. The summed E-state index contributed by atoms with van der Waals surface area (Å²) < 4.78 is 2.39. The highest BCUT2D eigenvalue weighted by Crippen LogP contribution is 2.15. The maximum Gasteiger partial charge on any atom is 0.0838 e. The van der Waals surface area contributed by atoms with Gasteiger partial charge in [-0.25, -0.2) is 0 Å². The van der Waals surface area contributed by atoms with Crippen molar-refractivity contribution in [3.63, 3.8) is 0 Å². The molecular weight excluding hydrogens is 256 g/mol. The van der Waals surface area contributed by atoms with Crippen LogP contribution in [0.1, 0.15) is 59.8 Å². The first-order chi connectivity index (χ1) is 9.54. The highest BCUT2D eigenvalue weighted by atomic mass is 15.3. The standard InChI is InChI=1S/C19H44N2/c1-18(2)12-9-15-21(8,16-10-13-19(3)4)17-11-14-20(5,6)7/h18-19H,9-17H2,1-8H3/q+2. The molecule has 0 heterocycles. The SMILES string of the molecule is CC(C)CCC[N+](C)(CCCC(C)C)CCC[N+](C)(C)C. The molecule has 0 aliphatic heterocycles. The van der Waals surface area contributed by atoms with Gasteiger partial charge in [0.1, 0.15) is 0 Å². The second-order valence-corrected chi connectivity index (χ2v) is 9.23. The lowest BCUT2D eigenvalue weighted by Gasteiger charge is -2.36. The molecule has 0 bridgehead atoms. The minimum absolute atomic E-state index is 0.848. The Hall–Kier alpha value is -0.0800. The Balaban J connectivity index is 4.29. The average Bonchev–Trinajstić information content (AvgIpc) is 2.25. The molecule has 21 heavy (non-hydrogen) atoms. The normalized spacial score (nSPS) is 13.4. The Morgan fingerprint density at radius 2 is 0.952 bits per heavy atom. The van der Waals surface area contributed by atoms with Crippen LogP contribution < -0.4 is 0 Å². The quantitative estimate of drug-likeness (QED) is 0.469. The molecule has 2 nitrogen and oxygen atoms in total. The maximum absolute atomic E-state index is 2.50. The first-order valence-corrected chi connectivity index (χ1v) is 9.18. The predicted octanol–water partition coefficient (Wildman–Crippen LogP) is 4.40. The Morgan fingerprint density at radius 1 is 0.571 bits per heavy atom. The molecule has 0 rings (SSSR count). The van der Waals surface area contributed by atoms with Gasteiger partial charge in [0.25, 0.3) is 0 Å². The first-order valence-electron chi connectivity index (χ1n) is 9.18. The van der Waals surface area contributed by atoms with E-state index in [1.165, 1.54) is 62.8 Å². The Bertz CT molecular complexity index is 237. The van der Waals surface area contributed by atoms with Gasteiger partial charge >= 0.3 is 0 Å². The summed E-state index contributed by atoms with van der Waals surface area (Å²) in [5.41, 5.74) is 0. The number of hydrogen-bond donors (Lipinski definition) is 0. The van der Waals surface area contributed by atoms with Gasteiger partial charge in [0.2, 0.25) is 0 Å². The molecule has 0 aliphatic carbocycles. The van der Waals surface area contributed by atoms with Crippen molar-refractivity contribution in [1.29, 1.82) is 0 Å². The third-order valence-corrected chi connectivity index (χ3v) is 4.49. The van der Waals surface area contributed by atoms with Crippen molar-refractivity contribution in [3.8, 4) is 0 Å². The van der Waals surface area contributed by atoms with E-state index in [4.69, 9.17) is 0 Å². The van der Waals surface area contributed by atoms with Gasteiger partial charge in [-0.05, 0) is 37.5 Å². The van der Waals surface area contributed by atoms with Crippen LogP contribution in [-0.2, 0) is 0 Å². The molecule has 0 aromatic rings. The number of nitrogens with zero attached hydrogens (tertiary/aromatic N) is 2. The molecule has 0 fully saturated rings. The predicted molar refractivity (Wildman–Crippen MR) is 96.4 cm³/mol. The third-order valence-electron chi connectivity index (χ3n) is 4.49. The fourth-order valence-corrected chi connectivity index (χ4v) is 3.02. The third kappa shape index (κ3) is 13.3. The van der Waals surface area contributed by atoms with Gasteiger partial charge < -0.3 is 8.97 Å². The van der Waals surface area contributed by atoms with E-state index in [9.17, 15) is 0 Å². The number of hydrogen-bond acceptors (Lipinski definition) is 0. The minimum atomic E-state index is 0.848. The van der Waals surface area contributed by atoms with Crippen molar-refractivity contribution in [1.82, 2.24) is 0 Å². The number of rotatable bonds is 12. The van der Waals surface area contributed by atoms with Crippen LogP contribution in [0.15, 0.2) is 0 Å². The molecule has 0 spiro atoms. The van der Waals surface area contributed by atoms with Crippen LogP contribution in [0.25, 0.3) is 0 Å². The van der Waals surface area contributed by atoms with Crippen LogP contribution in [0.3, 0.4) is 0 Å². The molecule has 128 valence electrons. The molecule has 0 radical (unpaired) electrons. The lowest BCUT2D eigenvalue weighted by atomic mass is 10.1. The first kappa shape index (κ1) is 20.9. The van der Waals surface area contributed by atoms with Gasteiger partial charge in [0.05, 0.1) is 54.4 Å². The second kappa shape index (κ2) is 9.84. The smallest absolute Gasteiger partial charge is 0.0838 e. The second-order valence-electron chi connectivity index (χ2n) is 9.23. The van der Waals surface area contributed by atoms with E-state index in [1.54, 1.807) is 0 Å². The molecule has 0 unspecified atom stereocenters. The largest absolute Gasteiger partial charge is 0.331 e. The molecular formula is C19H44N2+2. The monoisotopic (exact) mass is 300 g/mol. The van der Waals surface area contributed by atoms with Gasteiger partial charge in [-0.2, -0.15) is 0 Å². The summed E-state index contributed by atoms with van der Waals surface area (Å²) in [5, 5.41) is 0. The fourth-order valence-electron chi connectivity index (χ4n) is 3.02. The maximum atomic E-state index is 2.50. The van der Waals surface area contributed by atoms with E-state index >= 15 is 0 Å². The highest BCUT2D eigenvalue weighted by Gasteiger charge is 2.22. The van der Waals surface area contributed by atoms with Crippen LogP contribution in [0.5, 0.6) is 0 Å². The van der Waals surface area contributed by atoms with Gasteiger partial charge in [-0.1, -0.05) is 27.7 Å². The zero-order chi connectivity index (χ0) is 16.5. The summed E-state index contributed by atoms with van der Waals surface area (Å²) in [5.74, 6) is 1.70. The molecule has 0 saturated carbocycles. The highest BCUT2D eigenvalue weighted by molar-refractivity contribution is 4.51. The van der Waals surface area contributed by atoms with E-state index in [1.807, 2.05) is 0 Å². The molecule has 0 N–H and O–H groups in total. The molecule has 0 atom stereocenters. The number of quaternary nitrogens is 2. The van der Waals surface area contributed by atoms with Crippen LogP contribution >= 0.6 is 0 Å². The van der Waals surface area contributed by atoms with E-state index in [0.717, 1.165) is 16.3 Å². The van der Waals surface area contributed by atoms with Gasteiger partial charge in [-0.3, -0.25) is 0 Å². The van der Waals surface area contributed by atoms with Crippen molar-refractivity contribution in [2.24, 2.45) is 11.8 Å². The zero-order valence-electron chi connectivity index (χ0n) is 16.4. The Kier molecular flexibility index (Phi) is 9.80. The molecule has 0 aromatic heterocycles. The van der Waals surface area contributed by atoms with Crippen molar-refractivity contribution in [2.45, 2.75) is 59.8 Å². The summed E-state index contributed by atoms with van der Waals surface area (Å²) >= 11 is 0. The van der Waals surface area contributed by atoms with Gasteiger partial charge in [0.15, 0.2) is 0 Å². The molecule has 0 aliphatic rings. The van der Waals surface area contributed by atoms with Gasteiger partial charge in [-0.15, -0.1) is 0 Å². The van der Waals surface area contributed by atoms with Gasteiger partial charge in [0, 0.05) is 6.42 Å². The minimum Gasteiger partial charge on any atom is -0.331 e. The van der Waals surface area contributed by atoms with Crippen LogP contribution in [0.4, 0.5) is 0 Å². The summed E-state index contributed by atoms with van der Waals surface area (Å²) in [6.07, 6.45) is 6.89. The van der Waals surface area contributed by atoms with Crippen molar-refractivity contribution < 1.29 is 8.97 Å². The lowest BCUT2D eigenvalue weighted by molar-refractivity contribution is -0.917.